The number of amides is 1. The maximum atomic E-state index is 12.8. The molecule has 1 amide bonds. The van der Waals surface area contributed by atoms with Gasteiger partial charge in [0, 0.05) is 56.3 Å². The number of carbonyl (C=O) groups excluding carboxylic acids is 1. The molecule has 0 spiro atoms. The van der Waals surface area contributed by atoms with E-state index in [0.29, 0.717) is 18.8 Å². The summed E-state index contributed by atoms with van der Waals surface area (Å²) in [6, 6.07) is 9.57. The van der Waals surface area contributed by atoms with Crippen LogP contribution in [0.3, 0.4) is 0 Å². The number of imidazole rings is 1. The van der Waals surface area contributed by atoms with Gasteiger partial charge in [0.2, 0.25) is 0 Å². The van der Waals surface area contributed by atoms with Gasteiger partial charge in [-0.05, 0) is 29.8 Å². The molecule has 1 aliphatic rings. The minimum absolute atomic E-state index is 0.0355. The highest BCUT2D eigenvalue weighted by molar-refractivity contribution is 5.93. The number of rotatable bonds is 3. The molecule has 1 N–H and O–H groups in total. The standard InChI is InChI=1S/C18H18N4O2/c23-12-14-9-22(10-15(14)13-4-6-19-7-5-13)18(24)16-11-21-8-2-1-3-17(21)20-16/h1-8,11,14-15,23H,9-10,12H2/t14-,15-/m0/s1. The van der Waals surface area contributed by atoms with E-state index in [0.717, 1.165) is 11.2 Å². The van der Waals surface area contributed by atoms with Crippen molar-refractivity contribution in [2.45, 2.75) is 5.92 Å². The molecule has 0 radical (unpaired) electrons. The van der Waals surface area contributed by atoms with Gasteiger partial charge in [-0.3, -0.25) is 9.78 Å². The maximum absolute atomic E-state index is 12.8. The summed E-state index contributed by atoms with van der Waals surface area (Å²) in [5.74, 6) is 0.0704. The molecule has 122 valence electrons. The van der Waals surface area contributed by atoms with E-state index in [2.05, 4.69) is 9.97 Å². The number of hydrogen-bond donors (Lipinski definition) is 1. The summed E-state index contributed by atoms with van der Waals surface area (Å²) in [6.07, 6.45) is 7.12. The van der Waals surface area contributed by atoms with Gasteiger partial charge in [0.25, 0.3) is 5.91 Å². The molecule has 1 fully saturated rings. The van der Waals surface area contributed by atoms with Gasteiger partial charge in [0.15, 0.2) is 0 Å². The van der Waals surface area contributed by atoms with Crippen molar-refractivity contribution in [3.8, 4) is 0 Å². The molecule has 3 aromatic heterocycles. The van der Waals surface area contributed by atoms with E-state index in [1.807, 2.05) is 40.9 Å². The van der Waals surface area contributed by atoms with Gasteiger partial charge in [-0.15, -0.1) is 0 Å². The Morgan fingerprint density at radius 2 is 2.04 bits per heavy atom. The highest BCUT2D eigenvalue weighted by atomic mass is 16.3. The number of likely N-dealkylation sites (tertiary alicyclic amines) is 1. The van der Waals surface area contributed by atoms with Crippen molar-refractivity contribution < 1.29 is 9.90 Å². The summed E-state index contributed by atoms with van der Waals surface area (Å²) >= 11 is 0. The number of aliphatic hydroxyl groups excluding tert-OH is 1. The van der Waals surface area contributed by atoms with E-state index in [4.69, 9.17) is 0 Å². The molecule has 6 nitrogen and oxygen atoms in total. The van der Waals surface area contributed by atoms with Crippen LogP contribution in [-0.2, 0) is 0 Å². The largest absolute Gasteiger partial charge is 0.396 e. The number of pyridine rings is 2. The molecular formula is C18H18N4O2. The number of aliphatic hydroxyl groups is 1. The molecule has 3 aromatic rings. The van der Waals surface area contributed by atoms with E-state index in [1.54, 1.807) is 23.5 Å². The van der Waals surface area contributed by atoms with Crippen molar-refractivity contribution in [3.63, 3.8) is 0 Å². The molecule has 0 aliphatic carbocycles. The fraction of sp³-hybridized carbons (Fsp3) is 0.278. The van der Waals surface area contributed by atoms with Gasteiger partial charge < -0.3 is 14.4 Å². The number of aromatic nitrogens is 3. The number of hydrogen-bond acceptors (Lipinski definition) is 4. The third-order valence-corrected chi connectivity index (χ3v) is 4.68. The summed E-state index contributed by atoms with van der Waals surface area (Å²) in [5.41, 5.74) is 2.30. The Labute approximate surface area is 139 Å². The fourth-order valence-electron chi connectivity index (χ4n) is 3.41. The van der Waals surface area contributed by atoms with Crippen molar-refractivity contribution in [3.05, 3.63) is 66.4 Å². The predicted octanol–water partition coefficient (Wildman–Crippen LogP) is 1.58. The summed E-state index contributed by atoms with van der Waals surface area (Å²) in [7, 11) is 0. The van der Waals surface area contributed by atoms with E-state index in [-0.39, 0.29) is 24.3 Å². The first-order valence-corrected chi connectivity index (χ1v) is 8.00. The molecule has 2 atom stereocenters. The van der Waals surface area contributed by atoms with Crippen LogP contribution in [0.4, 0.5) is 0 Å². The zero-order valence-electron chi connectivity index (χ0n) is 13.1. The van der Waals surface area contributed by atoms with Crippen LogP contribution in [0.5, 0.6) is 0 Å². The third kappa shape index (κ3) is 2.55. The van der Waals surface area contributed by atoms with Crippen LogP contribution in [0.2, 0.25) is 0 Å². The number of fused-ring (bicyclic) bond motifs is 1. The Hall–Kier alpha value is -2.73. The van der Waals surface area contributed by atoms with Gasteiger partial charge >= 0.3 is 0 Å². The normalized spacial score (nSPS) is 20.6. The van der Waals surface area contributed by atoms with Crippen molar-refractivity contribution in [1.29, 1.82) is 0 Å². The topological polar surface area (TPSA) is 70.7 Å². The van der Waals surface area contributed by atoms with Crippen molar-refractivity contribution in [2.75, 3.05) is 19.7 Å². The Balaban J connectivity index is 1.59. The van der Waals surface area contributed by atoms with Crippen molar-refractivity contribution in [2.24, 2.45) is 5.92 Å². The molecule has 0 bridgehead atoms. The Bertz CT molecular complexity index is 829. The first-order chi connectivity index (χ1) is 11.8. The molecule has 1 aliphatic heterocycles. The van der Waals surface area contributed by atoms with Crippen LogP contribution < -0.4 is 0 Å². The molecule has 0 unspecified atom stereocenters. The zero-order valence-corrected chi connectivity index (χ0v) is 13.1. The molecule has 4 rings (SSSR count). The average Bonchev–Trinajstić information content (AvgIpc) is 3.26. The molecule has 1 saturated heterocycles. The second kappa shape index (κ2) is 6.05. The molecule has 4 heterocycles. The van der Waals surface area contributed by atoms with Gasteiger partial charge in [-0.25, -0.2) is 4.98 Å². The lowest BCUT2D eigenvalue weighted by Gasteiger charge is -2.15. The lowest BCUT2D eigenvalue weighted by atomic mass is 9.90. The Morgan fingerprint density at radius 3 is 2.79 bits per heavy atom. The smallest absolute Gasteiger partial charge is 0.274 e. The summed E-state index contributed by atoms with van der Waals surface area (Å²) in [4.78, 5) is 23.0. The Kier molecular flexibility index (Phi) is 3.74. The highest BCUT2D eigenvalue weighted by Gasteiger charge is 2.36. The SMILES string of the molecule is O=C(c1cn2ccccc2n1)N1C[C@@H](CO)[C@H](c2ccncc2)C1. The van der Waals surface area contributed by atoms with Gasteiger partial charge in [0.05, 0.1) is 0 Å². The fourth-order valence-corrected chi connectivity index (χ4v) is 3.41. The maximum Gasteiger partial charge on any atom is 0.274 e. The second-order valence-corrected chi connectivity index (χ2v) is 6.13. The summed E-state index contributed by atoms with van der Waals surface area (Å²) in [6.45, 7) is 1.18. The molecular weight excluding hydrogens is 304 g/mol. The predicted molar refractivity (Wildman–Crippen MR) is 88.6 cm³/mol. The van der Waals surface area contributed by atoms with Gasteiger partial charge in [0.1, 0.15) is 11.3 Å². The molecule has 0 saturated carbocycles. The first-order valence-electron chi connectivity index (χ1n) is 8.00. The van der Waals surface area contributed by atoms with Crippen LogP contribution in [-0.4, -0.2) is 50.0 Å². The van der Waals surface area contributed by atoms with Gasteiger partial charge in [-0.2, -0.15) is 0 Å². The molecule has 6 heteroatoms. The third-order valence-electron chi connectivity index (χ3n) is 4.68. The molecule has 0 aromatic carbocycles. The Morgan fingerprint density at radius 1 is 1.21 bits per heavy atom. The van der Waals surface area contributed by atoms with E-state index < -0.39 is 0 Å². The second-order valence-electron chi connectivity index (χ2n) is 6.13. The molecule has 24 heavy (non-hydrogen) atoms. The van der Waals surface area contributed by atoms with Crippen LogP contribution in [0.25, 0.3) is 5.65 Å². The van der Waals surface area contributed by atoms with Crippen LogP contribution >= 0.6 is 0 Å². The van der Waals surface area contributed by atoms with Crippen molar-refractivity contribution in [1.82, 2.24) is 19.3 Å². The zero-order chi connectivity index (χ0) is 16.5. The number of carbonyl (C=O) groups is 1. The van der Waals surface area contributed by atoms with Crippen LogP contribution in [0, 0.1) is 5.92 Å². The van der Waals surface area contributed by atoms with Crippen LogP contribution in [0.15, 0.2) is 55.1 Å². The van der Waals surface area contributed by atoms with Crippen molar-refractivity contribution >= 4 is 11.6 Å². The average molecular weight is 322 g/mol. The highest BCUT2D eigenvalue weighted by Crippen LogP contribution is 2.32. The van der Waals surface area contributed by atoms with E-state index in [9.17, 15) is 9.90 Å². The monoisotopic (exact) mass is 322 g/mol. The quantitative estimate of drug-likeness (QED) is 0.795. The first kappa shape index (κ1) is 14.8. The lowest BCUT2D eigenvalue weighted by Crippen LogP contribution is -2.29. The van der Waals surface area contributed by atoms with E-state index >= 15 is 0 Å². The summed E-state index contributed by atoms with van der Waals surface area (Å²) < 4.78 is 1.84. The minimum atomic E-state index is -0.0892. The minimum Gasteiger partial charge on any atom is -0.396 e. The van der Waals surface area contributed by atoms with E-state index in [1.165, 1.54) is 0 Å². The lowest BCUT2D eigenvalue weighted by molar-refractivity contribution is 0.0776. The number of nitrogens with zero attached hydrogens (tertiary/aromatic N) is 4. The van der Waals surface area contributed by atoms with Gasteiger partial charge in [-0.1, -0.05) is 6.07 Å². The summed E-state index contributed by atoms with van der Waals surface area (Å²) in [5, 5.41) is 9.71. The van der Waals surface area contributed by atoms with Crippen LogP contribution in [0.1, 0.15) is 22.0 Å².